The Bertz CT molecular complexity index is 694. The van der Waals surface area contributed by atoms with Gasteiger partial charge < -0.3 is 5.32 Å². The minimum absolute atomic E-state index is 0.0399. The Hall–Kier alpha value is -2.05. The van der Waals surface area contributed by atoms with E-state index in [1.165, 1.54) is 30.8 Å². The van der Waals surface area contributed by atoms with Crippen LogP contribution in [0.15, 0.2) is 54.6 Å². The van der Waals surface area contributed by atoms with Crippen LogP contribution in [0.1, 0.15) is 13.8 Å². The molecule has 0 aromatic heterocycles. The van der Waals surface area contributed by atoms with Crippen LogP contribution >= 0.6 is 0 Å². The molecule has 0 bridgehead atoms. The molecule has 130 valence electrons. The van der Waals surface area contributed by atoms with Crippen LogP contribution in [0.4, 0.5) is 11.4 Å². The van der Waals surface area contributed by atoms with E-state index >= 15 is 0 Å². The number of rotatable bonds is 5. The molecule has 1 atom stereocenters. The standard InChI is InChI=1S/C8H10AsNO5.C8H11N/c1-6(11)10-8-4-2-3-7(5-8)9(12,13)15-14;1-2-9-8-6-4-3-5-7-8/h2-5,14H,1H3,(H,10,11)(H,12,13);3-7,9H,2H2,1H3. The summed E-state index contributed by atoms with van der Waals surface area (Å²) in [4.78, 5) is 10.7. The number of hydrogen-bond donors (Lipinski definition) is 4. The van der Waals surface area contributed by atoms with Crippen molar-refractivity contribution < 1.29 is 21.8 Å². The zero-order chi connectivity index (χ0) is 18.0. The van der Waals surface area contributed by atoms with E-state index in [9.17, 15) is 12.6 Å². The Morgan fingerprint density at radius 2 is 1.75 bits per heavy atom. The fourth-order valence-corrected chi connectivity index (χ4v) is 3.18. The largest absolute Gasteiger partial charge is 0.385 e. The monoisotopic (exact) mass is 396 g/mol. The molecule has 0 radical (unpaired) electrons. The Labute approximate surface area is 143 Å². The second-order valence-corrected chi connectivity index (χ2v) is 8.34. The van der Waals surface area contributed by atoms with Gasteiger partial charge in [-0.3, -0.25) is 0 Å². The third kappa shape index (κ3) is 7.02. The van der Waals surface area contributed by atoms with Crippen molar-refractivity contribution in [3.63, 3.8) is 0 Å². The van der Waals surface area contributed by atoms with Crippen molar-refractivity contribution in [2.75, 3.05) is 17.2 Å². The molecule has 0 aliphatic rings. The summed E-state index contributed by atoms with van der Waals surface area (Å²) in [6, 6.07) is 15.8. The number of nitrogens with one attached hydrogen (secondary N) is 2. The molecule has 2 aromatic carbocycles. The third-order valence-corrected chi connectivity index (χ3v) is 5.18. The zero-order valence-electron chi connectivity index (χ0n) is 13.5. The SMILES string of the molecule is CC(=O)Nc1cccc([As](=O)(O)OO)c1.CCNc1ccccc1. The van der Waals surface area contributed by atoms with Gasteiger partial charge >= 0.3 is 88.4 Å². The van der Waals surface area contributed by atoms with Gasteiger partial charge in [0, 0.05) is 12.2 Å². The van der Waals surface area contributed by atoms with Crippen LogP contribution in [0.2, 0.25) is 0 Å². The van der Waals surface area contributed by atoms with Crippen LogP contribution in [0.5, 0.6) is 0 Å². The smallest absolute Gasteiger partial charge is 0.0340 e. The van der Waals surface area contributed by atoms with Gasteiger partial charge in [-0.1, -0.05) is 18.2 Å². The Kier molecular flexibility index (Phi) is 8.29. The van der Waals surface area contributed by atoms with E-state index < -0.39 is 14.2 Å². The molecule has 2 aromatic rings. The van der Waals surface area contributed by atoms with Gasteiger partial charge in [0.25, 0.3) is 0 Å². The third-order valence-electron chi connectivity index (χ3n) is 2.76. The van der Waals surface area contributed by atoms with Gasteiger partial charge in [-0.25, -0.2) is 0 Å². The molecular formula is C16H21AsN2O5. The fourth-order valence-electron chi connectivity index (χ4n) is 1.77. The maximum absolute atomic E-state index is 11.3. The number of anilines is 2. The summed E-state index contributed by atoms with van der Waals surface area (Å²) in [6.07, 6.45) is 0. The molecule has 1 amide bonds. The van der Waals surface area contributed by atoms with E-state index in [0.717, 1.165) is 6.54 Å². The quantitative estimate of drug-likeness (QED) is 0.349. The molecular weight excluding hydrogens is 375 g/mol. The number of carbonyl (C=O) groups is 1. The first-order chi connectivity index (χ1) is 11.4. The minimum Gasteiger partial charge on any atom is -0.385 e. The molecule has 7 nitrogen and oxygen atoms in total. The number of para-hydroxylation sites is 1. The first-order valence-electron chi connectivity index (χ1n) is 7.22. The Morgan fingerprint density at radius 1 is 1.12 bits per heavy atom. The average molecular weight is 396 g/mol. The van der Waals surface area contributed by atoms with Crippen LogP contribution in [0.25, 0.3) is 0 Å². The van der Waals surface area contributed by atoms with Crippen molar-refractivity contribution in [1.82, 2.24) is 0 Å². The summed E-state index contributed by atoms with van der Waals surface area (Å²) >= 11 is -4.83. The van der Waals surface area contributed by atoms with Gasteiger partial charge in [0.1, 0.15) is 0 Å². The molecule has 0 heterocycles. The molecule has 1 unspecified atom stereocenters. The molecule has 0 aliphatic carbocycles. The van der Waals surface area contributed by atoms with Gasteiger partial charge in [0.05, 0.1) is 0 Å². The second kappa shape index (κ2) is 9.95. The Balaban J connectivity index is 0.000000272. The van der Waals surface area contributed by atoms with Crippen molar-refractivity contribution in [3.8, 4) is 0 Å². The van der Waals surface area contributed by atoms with Crippen LogP contribution in [0, 0.1) is 0 Å². The number of amides is 1. The number of hydrogen-bond acceptors (Lipinski definition) is 5. The predicted octanol–water partition coefficient (Wildman–Crippen LogP) is 1.82. The van der Waals surface area contributed by atoms with Crippen molar-refractivity contribution in [1.29, 1.82) is 0 Å². The van der Waals surface area contributed by atoms with Crippen molar-refractivity contribution in [3.05, 3.63) is 54.6 Å². The van der Waals surface area contributed by atoms with Crippen LogP contribution in [-0.2, 0) is 12.4 Å². The maximum atomic E-state index is 11.3. The molecule has 24 heavy (non-hydrogen) atoms. The number of carbonyl (C=O) groups excluding carboxylic acids is 1. The van der Waals surface area contributed by atoms with E-state index in [1.54, 1.807) is 6.07 Å². The molecule has 8 heteroatoms. The van der Waals surface area contributed by atoms with E-state index in [0.29, 0.717) is 5.69 Å². The van der Waals surface area contributed by atoms with E-state index in [1.807, 2.05) is 18.2 Å². The zero-order valence-corrected chi connectivity index (χ0v) is 15.3. The molecule has 0 aliphatic heterocycles. The normalized spacial score (nSPS) is 12.3. The molecule has 0 saturated carbocycles. The molecule has 4 N–H and O–H groups in total. The predicted molar refractivity (Wildman–Crippen MR) is 93.4 cm³/mol. The molecule has 0 saturated heterocycles. The first-order valence-corrected chi connectivity index (χ1v) is 10.5. The summed E-state index contributed by atoms with van der Waals surface area (Å²) in [7, 11) is 0. The van der Waals surface area contributed by atoms with Crippen LogP contribution in [-0.4, -0.2) is 36.0 Å². The van der Waals surface area contributed by atoms with E-state index in [2.05, 4.69) is 33.6 Å². The molecule has 0 spiro atoms. The van der Waals surface area contributed by atoms with Crippen LogP contribution in [0.3, 0.4) is 0 Å². The van der Waals surface area contributed by atoms with Crippen molar-refractivity contribution >= 4 is 35.8 Å². The van der Waals surface area contributed by atoms with E-state index in [-0.39, 0.29) is 10.3 Å². The molecule has 2 rings (SSSR count). The summed E-state index contributed by atoms with van der Waals surface area (Å²) in [5.41, 5.74) is 1.56. The average Bonchev–Trinajstić information content (AvgIpc) is 2.56. The van der Waals surface area contributed by atoms with Crippen LogP contribution < -0.4 is 15.0 Å². The van der Waals surface area contributed by atoms with E-state index in [4.69, 9.17) is 5.26 Å². The van der Waals surface area contributed by atoms with Crippen molar-refractivity contribution in [2.45, 2.75) is 13.8 Å². The minimum atomic E-state index is -4.83. The molecule has 0 fully saturated rings. The van der Waals surface area contributed by atoms with Gasteiger partial charge in [-0.15, -0.1) is 0 Å². The maximum Gasteiger partial charge on any atom is 0.0340 e. The number of benzene rings is 2. The van der Waals surface area contributed by atoms with Gasteiger partial charge in [-0.05, 0) is 19.1 Å². The van der Waals surface area contributed by atoms with Gasteiger partial charge in [0.15, 0.2) is 0 Å². The fraction of sp³-hybridized carbons (Fsp3) is 0.188. The summed E-state index contributed by atoms with van der Waals surface area (Å²) in [5.74, 6) is -0.294. The summed E-state index contributed by atoms with van der Waals surface area (Å²) < 4.78 is 23.9. The van der Waals surface area contributed by atoms with Crippen molar-refractivity contribution in [2.24, 2.45) is 0 Å². The van der Waals surface area contributed by atoms with Gasteiger partial charge in [0.2, 0.25) is 0 Å². The summed E-state index contributed by atoms with van der Waals surface area (Å²) in [5, 5.41) is 13.9. The second-order valence-electron chi connectivity index (χ2n) is 4.73. The first kappa shape index (κ1) is 20.0. The van der Waals surface area contributed by atoms with Gasteiger partial charge in [-0.2, -0.15) is 0 Å². The summed E-state index contributed by atoms with van der Waals surface area (Å²) in [6.45, 7) is 4.40. The topological polar surface area (TPSA) is 108 Å². The Morgan fingerprint density at radius 3 is 2.29 bits per heavy atom.